The molecule has 1 aromatic carbocycles. The number of halogens is 1. The Morgan fingerprint density at radius 1 is 1.44 bits per heavy atom. The van der Waals surface area contributed by atoms with Crippen LogP contribution in [0.2, 0.25) is 0 Å². The molecule has 0 aliphatic rings. The molecule has 0 saturated heterocycles. The maximum absolute atomic E-state index is 13.0. The van der Waals surface area contributed by atoms with E-state index in [0.717, 1.165) is 0 Å². The van der Waals surface area contributed by atoms with Gasteiger partial charge in [-0.15, -0.1) is 0 Å². The molecule has 0 aliphatic carbocycles. The number of fused-ring (bicyclic) bond motifs is 1. The van der Waals surface area contributed by atoms with Crippen LogP contribution in [-0.2, 0) is 4.74 Å². The molecular formula is C11H9FN2O2. The lowest BCUT2D eigenvalue weighted by Gasteiger charge is -2.05. The molecule has 0 radical (unpaired) electrons. The zero-order chi connectivity index (χ0) is 11.7. The number of nitrogen functional groups attached to an aromatic ring is 1. The Bertz CT molecular complexity index is 569. The smallest absolute Gasteiger partial charge is 0.358 e. The number of carbonyl (C=O) groups is 1. The molecule has 0 spiro atoms. The third-order valence-corrected chi connectivity index (χ3v) is 2.19. The minimum atomic E-state index is -0.635. The first-order chi connectivity index (χ1) is 7.61. The normalized spacial score (nSPS) is 10.4. The summed E-state index contributed by atoms with van der Waals surface area (Å²) in [5, 5.41) is 0.673. The lowest BCUT2D eigenvalue weighted by Crippen LogP contribution is -2.08. The Morgan fingerprint density at radius 2 is 2.19 bits per heavy atom. The molecule has 0 fully saturated rings. The van der Waals surface area contributed by atoms with E-state index in [1.165, 1.54) is 19.2 Å². The number of rotatable bonds is 1. The molecule has 2 rings (SSSR count). The molecule has 16 heavy (non-hydrogen) atoms. The van der Waals surface area contributed by atoms with Crippen molar-refractivity contribution in [1.82, 2.24) is 4.98 Å². The summed E-state index contributed by atoms with van der Waals surface area (Å²) in [5.41, 5.74) is 6.23. The van der Waals surface area contributed by atoms with Crippen LogP contribution in [0.3, 0.4) is 0 Å². The molecule has 0 saturated carbocycles. The number of carbonyl (C=O) groups excluding carboxylic acids is 1. The SMILES string of the molecule is COC(=O)c1nc2cc(F)ccc2cc1N. The fraction of sp³-hybridized carbons (Fsp3) is 0.0909. The van der Waals surface area contributed by atoms with Gasteiger partial charge in [0.1, 0.15) is 5.82 Å². The summed E-state index contributed by atoms with van der Waals surface area (Å²) in [6.07, 6.45) is 0. The number of nitrogens with two attached hydrogens (primary N) is 1. The summed E-state index contributed by atoms with van der Waals surface area (Å²) < 4.78 is 17.5. The molecular weight excluding hydrogens is 211 g/mol. The van der Waals surface area contributed by atoms with Gasteiger partial charge in [-0.25, -0.2) is 14.2 Å². The second kappa shape index (κ2) is 3.77. The van der Waals surface area contributed by atoms with E-state index in [0.29, 0.717) is 10.9 Å². The van der Waals surface area contributed by atoms with Gasteiger partial charge in [0.15, 0.2) is 5.69 Å². The number of aromatic nitrogens is 1. The summed E-state index contributed by atoms with van der Waals surface area (Å²) in [5.74, 6) is -1.05. The number of nitrogens with zero attached hydrogens (tertiary/aromatic N) is 1. The van der Waals surface area contributed by atoms with Crippen molar-refractivity contribution in [3.05, 3.63) is 35.8 Å². The molecule has 0 atom stereocenters. The molecule has 1 aromatic heterocycles. The number of hydrogen-bond acceptors (Lipinski definition) is 4. The van der Waals surface area contributed by atoms with Gasteiger partial charge in [0.2, 0.25) is 0 Å². The number of ether oxygens (including phenoxy) is 1. The lowest BCUT2D eigenvalue weighted by atomic mass is 10.1. The van der Waals surface area contributed by atoms with E-state index >= 15 is 0 Å². The first-order valence-corrected chi connectivity index (χ1v) is 4.56. The maximum atomic E-state index is 13.0. The van der Waals surface area contributed by atoms with Crippen LogP contribution in [0.1, 0.15) is 10.5 Å². The molecule has 2 aromatic rings. The molecule has 1 heterocycles. The largest absolute Gasteiger partial charge is 0.464 e. The molecule has 4 nitrogen and oxygen atoms in total. The zero-order valence-electron chi connectivity index (χ0n) is 8.53. The number of methoxy groups -OCH3 is 1. The summed E-state index contributed by atoms with van der Waals surface area (Å²) in [6, 6.07) is 5.66. The highest BCUT2D eigenvalue weighted by molar-refractivity contribution is 5.97. The number of hydrogen-bond donors (Lipinski definition) is 1. The van der Waals surface area contributed by atoms with Crippen LogP contribution in [0, 0.1) is 5.82 Å². The van der Waals surface area contributed by atoms with E-state index < -0.39 is 11.8 Å². The molecule has 0 unspecified atom stereocenters. The fourth-order valence-electron chi connectivity index (χ4n) is 1.42. The average molecular weight is 220 g/mol. The Hall–Kier alpha value is -2.17. The lowest BCUT2D eigenvalue weighted by molar-refractivity contribution is 0.0596. The summed E-state index contributed by atoms with van der Waals surface area (Å²) in [6.45, 7) is 0. The molecule has 0 aliphatic heterocycles. The minimum absolute atomic E-state index is 0.000556. The first-order valence-electron chi connectivity index (χ1n) is 4.56. The van der Waals surface area contributed by atoms with Crippen molar-refractivity contribution in [2.75, 3.05) is 12.8 Å². The topological polar surface area (TPSA) is 65.2 Å². The summed E-state index contributed by atoms with van der Waals surface area (Å²) >= 11 is 0. The van der Waals surface area contributed by atoms with E-state index in [9.17, 15) is 9.18 Å². The van der Waals surface area contributed by atoms with Gasteiger partial charge >= 0.3 is 5.97 Å². The minimum Gasteiger partial charge on any atom is -0.464 e. The van der Waals surface area contributed by atoms with E-state index in [1.807, 2.05) is 0 Å². The van der Waals surface area contributed by atoms with Crippen molar-refractivity contribution in [3.63, 3.8) is 0 Å². The van der Waals surface area contributed by atoms with Gasteiger partial charge in [0.05, 0.1) is 18.3 Å². The predicted octanol–water partition coefficient (Wildman–Crippen LogP) is 1.74. The van der Waals surface area contributed by atoms with Crippen molar-refractivity contribution in [2.24, 2.45) is 0 Å². The molecule has 0 amide bonds. The van der Waals surface area contributed by atoms with Crippen molar-refractivity contribution in [2.45, 2.75) is 0 Å². The standard InChI is InChI=1S/C11H9FN2O2/c1-16-11(15)10-8(13)4-6-2-3-7(12)5-9(6)14-10/h2-5H,13H2,1H3. The summed E-state index contributed by atoms with van der Waals surface area (Å²) in [7, 11) is 1.24. The van der Waals surface area contributed by atoms with Crippen LogP contribution < -0.4 is 5.73 Å². The third kappa shape index (κ3) is 1.67. The van der Waals surface area contributed by atoms with Crippen LogP contribution in [0.25, 0.3) is 10.9 Å². The first kappa shape index (κ1) is 10.4. The Kier molecular flexibility index (Phi) is 2.44. The van der Waals surface area contributed by atoms with Crippen LogP contribution in [0.5, 0.6) is 0 Å². The summed E-state index contributed by atoms with van der Waals surface area (Å²) in [4.78, 5) is 15.3. The quantitative estimate of drug-likeness (QED) is 0.743. The van der Waals surface area contributed by atoms with Crippen LogP contribution in [0.15, 0.2) is 24.3 Å². The zero-order valence-corrected chi connectivity index (χ0v) is 8.53. The number of esters is 1. The highest BCUT2D eigenvalue weighted by Gasteiger charge is 2.13. The van der Waals surface area contributed by atoms with Gasteiger partial charge in [0.25, 0.3) is 0 Å². The predicted molar refractivity (Wildman–Crippen MR) is 57.5 cm³/mol. The van der Waals surface area contributed by atoms with E-state index in [2.05, 4.69) is 9.72 Å². The molecule has 5 heteroatoms. The van der Waals surface area contributed by atoms with Crippen molar-refractivity contribution < 1.29 is 13.9 Å². The van der Waals surface area contributed by atoms with Crippen molar-refractivity contribution in [1.29, 1.82) is 0 Å². The second-order valence-electron chi connectivity index (χ2n) is 3.25. The molecule has 2 N–H and O–H groups in total. The Balaban J connectivity index is 2.68. The second-order valence-corrected chi connectivity index (χ2v) is 3.25. The van der Waals surface area contributed by atoms with Gasteiger partial charge in [0, 0.05) is 11.5 Å². The van der Waals surface area contributed by atoms with Gasteiger partial charge < -0.3 is 10.5 Å². The van der Waals surface area contributed by atoms with Gasteiger partial charge in [-0.05, 0) is 18.2 Å². The Labute approximate surface area is 90.8 Å². The maximum Gasteiger partial charge on any atom is 0.358 e. The van der Waals surface area contributed by atoms with Gasteiger partial charge in [-0.1, -0.05) is 0 Å². The fourth-order valence-corrected chi connectivity index (χ4v) is 1.42. The highest BCUT2D eigenvalue weighted by Crippen LogP contribution is 2.19. The van der Waals surface area contributed by atoms with E-state index in [-0.39, 0.29) is 11.4 Å². The van der Waals surface area contributed by atoms with Crippen LogP contribution in [0.4, 0.5) is 10.1 Å². The average Bonchev–Trinajstić information content (AvgIpc) is 2.28. The Morgan fingerprint density at radius 3 is 2.88 bits per heavy atom. The number of pyridine rings is 1. The van der Waals surface area contributed by atoms with Crippen molar-refractivity contribution >= 4 is 22.6 Å². The number of benzene rings is 1. The van der Waals surface area contributed by atoms with E-state index in [4.69, 9.17) is 5.73 Å². The molecule has 0 bridgehead atoms. The monoisotopic (exact) mass is 220 g/mol. The van der Waals surface area contributed by atoms with Crippen LogP contribution >= 0.6 is 0 Å². The van der Waals surface area contributed by atoms with Gasteiger partial charge in [-0.2, -0.15) is 0 Å². The van der Waals surface area contributed by atoms with E-state index in [1.54, 1.807) is 12.1 Å². The van der Waals surface area contributed by atoms with Crippen molar-refractivity contribution in [3.8, 4) is 0 Å². The number of anilines is 1. The third-order valence-electron chi connectivity index (χ3n) is 2.19. The van der Waals surface area contributed by atoms with Crippen LogP contribution in [-0.4, -0.2) is 18.1 Å². The highest BCUT2D eigenvalue weighted by atomic mass is 19.1. The van der Waals surface area contributed by atoms with Gasteiger partial charge in [-0.3, -0.25) is 0 Å². The molecule has 82 valence electrons.